The van der Waals surface area contributed by atoms with Crippen LogP contribution in [0.4, 0.5) is 5.69 Å². The molecule has 0 aromatic heterocycles. The highest BCUT2D eigenvalue weighted by atomic mass is 32.2. The molecule has 0 radical (unpaired) electrons. The molecule has 2 aromatic rings. The minimum atomic E-state index is -3.86. The Bertz CT molecular complexity index is 968. The van der Waals surface area contributed by atoms with Crippen molar-refractivity contribution in [3.63, 3.8) is 0 Å². The maximum Gasteiger partial charge on any atom is 0.262 e. The van der Waals surface area contributed by atoms with Crippen molar-refractivity contribution in [2.24, 2.45) is 0 Å². The van der Waals surface area contributed by atoms with Crippen LogP contribution in [0.25, 0.3) is 0 Å². The van der Waals surface area contributed by atoms with Gasteiger partial charge in [-0.05, 0) is 49.5 Å². The number of rotatable bonds is 6. The SMILES string of the molecule is COc1ccc(S(=O)(=O)Nc2cc(C(=O)N3CCN(C)CC3)ccc2OC)cc1. The molecule has 0 aliphatic carbocycles. The first-order valence-corrected chi connectivity index (χ1v) is 10.6. The number of anilines is 1. The van der Waals surface area contributed by atoms with Crippen molar-refractivity contribution in [1.29, 1.82) is 0 Å². The number of nitrogens with zero attached hydrogens (tertiary/aromatic N) is 2. The van der Waals surface area contributed by atoms with Gasteiger partial charge in [0.05, 0.1) is 24.8 Å². The first-order chi connectivity index (χ1) is 13.8. The molecule has 0 unspecified atom stereocenters. The van der Waals surface area contributed by atoms with Crippen molar-refractivity contribution in [1.82, 2.24) is 9.80 Å². The number of hydrogen-bond donors (Lipinski definition) is 1. The number of nitrogens with one attached hydrogen (secondary N) is 1. The highest BCUT2D eigenvalue weighted by molar-refractivity contribution is 7.92. The van der Waals surface area contributed by atoms with Crippen LogP contribution in [0.3, 0.4) is 0 Å². The van der Waals surface area contributed by atoms with Crippen LogP contribution in [-0.4, -0.2) is 71.6 Å². The van der Waals surface area contributed by atoms with E-state index in [2.05, 4.69) is 9.62 Å². The van der Waals surface area contributed by atoms with Crippen molar-refractivity contribution in [2.45, 2.75) is 4.90 Å². The molecule has 0 saturated carbocycles. The number of carbonyl (C=O) groups excluding carboxylic acids is 1. The third-order valence-electron chi connectivity index (χ3n) is 4.85. The Morgan fingerprint density at radius 1 is 0.966 bits per heavy atom. The summed E-state index contributed by atoms with van der Waals surface area (Å²) < 4.78 is 38.4. The quantitative estimate of drug-likeness (QED) is 0.769. The highest BCUT2D eigenvalue weighted by Crippen LogP contribution is 2.29. The van der Waals surface area contributed by atoms with E-state index in [9.17, 15) is 13.2 Å². The van der Waals surface area contributed by atoms with Crippen LogP contribution in [0.5, 0.6) is 11.5 Å². The molecule has 1 amide bonds. The lowest BCUT2D eigenvalue weighted by molar-refractivity contribution is 0.0664. The summed E-state index contributed by atoms with van der Waals surface area (Å²) in [4.78, 5) is 16.8. The zero-order chi connectivity index (χ0) is 21.0. The molecule has 2 aromatic carbocycles. The second kappa shape index (κ2) is 8.71. The number of likely N-dealkylation sites (N-methyl/N-ethyl adjacent to an activating group) is 1. The summed E-state index contributed by atoms with van der Waals surface area (Å²) in [5.74, 6) is 0.754. The van der Waals surface area contributed by atoms with Gasteiger partial charge in [0.15, 0.2) is 0 Å². The summed E-state index contributed by atoms with van der Waals surface area (Å²) in [6, 6.07) is 10.8. The number of ether oxygens (including phenoxy) is 2. The van der Waals surface area contributed by atoms with E-state index in [1.165, 1.54) is 32.4 Å². The summed E-state index contributed by atoms with van der Waals surface area (Å²) in [5.41, 5.74) is 0.617. The molecule has 29 heavy (non-hydrogen) atoms. The predicted molar refractivity (Wildman–Crippen MR) is 110 cm³/mol. The lowest BCUT2D eigenvalue weighted by Crippen LogP contribution is -2.47. The lowest BCUT2D eigenvalue weighted by Gasteiger charge is -2.32. The van der Waals surface area contributed by atoms with Gasteiger partial charge < -0.3 is 19.3 Å². The average Bonchev–Trinajstić information content (AvgIpc) is 2.73. The third-order valence-corrected chi connectivity index (χ3v) is 6.23. The summed E-state index contributed by atoms with van der Waals surface area (Å²) in [5, 5.41) is 0. The van der Waals surface area contributed by atoms with Crippen molar-refractivity contribution in [3.8, 4) is 11.5 Å². The van der Waals surface area contributed by atoms with Crippen LogP contribution in [0, 0.1) is 0 Å². The highest BCUT2D eigenvalue weighted by Gasteiger charge is 2.23. The molecule has 1 fully saturated rings. The smallest absolute Gasteiger partial charge is 0.262 e. The van der Waals surface area contributed by atoms with E-state index in [4.69, 9.17) is 9.47 Å². The molecule has 0 atom stereocenters. The van der Waals surface area contributed by atoms with Crippen LogP contribution >= 0.6 is 0 Å². The van der Waals surface area contributed by atoms with E-state index in [0.717, 1.165) is 13.1 Å². The zero-order valence-corrected chi connectivity index (χ0v) is 17.5. The van der Waals surface area contributed by atoms with E-state index in [0.29, 0.717) is 30.2 Å². The van der Waals surface area contributed by atoms with E-state index in [1.54, 1.807) is 29.2 Å². The van der Waals surface area contributed by atoms with Crippen LogP contribution in [-0.2, 0) is 10.0 Å². The fourth-order valence-corrected chi connectivity index (χ4v) is 4.13. The molecule has 1 saturated heterocycles. The molecule has 8 nitrogen and oxygen atoms in total. The van der Waals surface area contributed by atoms with E-state index >= 15 is 0 Å². The molecule has 1 N–H and O–H groups in total. The van der Waals surface area contributed by atoms with Crippen molar-refractivity contribution < 1.29 is 22.7 Å². The van der Waals surface area contributed by atoms with E-state index < -0.39 is 10.0 Å². The largest absolute Gasteiger partial charge is 0.497 e. The first-order valence-electron chi connectivity index (χ1n) is 9.17. The summed E-state index contributed by atoms with van der Waals surface area (Å²) in [6.45, 7) is 2.88. The Balaban J connectivity index is 1.85. The maximum atomic E-state index is 12.8. The van der Waals surface area contributed by atoms with Crippen LogP contribution in [0.2, 0.25) is 0 Å². The summed E-state index contributed by atoms with van der Waals surface area (Å²) in [6.07, 6.45) is 0. The van der Waals surface area contributed by atoms with Gasteiger partial charge in [0.2, 0.25) is 0 Å². The number of sulfonamides is 1. The van der Waals surface area contributed by atoms with Gasteiger partial charge in [0.1, 0.15) is 11.5 Å². The van der Waals surface area contributed by atoms with Gasteiger partial charge in [-0.2, -0.15) is 0 Å². The molecule has 1 aliphatic rings. The minimum Gasteiger partial charge on any atom is -0.497 e. The fraction of sp³-hybridized carbons (Fsp3) is 0.350. The van der Waals surface area contributed by atoms with Crippen molar-refractivity contribution in [3.05, 3.63) is 48.0 Å². The number of carbonyl (C=O) groups is 1. The molecule has 3 rings (SSSR count). The fourth-order valence-electron chi connectivity index (χ4n) is 3.07. The lowest BCUT2D eigenvalue weighted by atomic mass is 10.1. The first kappa shape index (κ1) is 20.9. The molecule has 156 valence electrons. The third kappa shape index (κ3) is 4.80. The van der Waals surface area contributed by atoms with Gasteiger partial charge in [0, 0.05) is 31.7 Å². The van der Waals surface area contributed by atoms with Gasteiger partial charge >= 0.3 is 0 Å². The molecule has 9 heteroatoms. The Morgan fingerprint density at radius 2 is 1.62 bits per heavy atom. The van der Waals surface area contributed by atoms with E-state index in [-0.39, 0.29) is 16.5 Å². The van der Waals surface area contributed by atoms with Crippen LogP contribution < -0.4 is 14.2 Å². The number of hydrogen-bond acceptors (Lipinski definition) is 6. The normalized spacial score (nSPS) is 15.1. The summed E-state index contributed by atoms with van der Waals surface area (Å²) in [7, 11) is 1.11. The van der Waals surface area contributed by atoms with Gasteiger partial charge in [-0.1, -0.05) is 0 Å². The monoisotopic (exact) mass is 419 g/mol. The molecule has 1 heterocycles. The Hall–Kier alpha value is -2.78. The molecular formula is C20H25N3O5S. The van der Waals surface area contributed by atoms with Gasteiger partial charge in [-0.15, -0.1) is 0 Å². The molecule has 0 spiro atoms. The van der Waals surface area contributed by atoms with Crippen LogP contribution in [0.15, 0.2) is 47.4 Å². The van der Waals surface area contributed by atoms with Crippen LogP contribution in [0.1, 0.15) is 10.4 Å². The predicted octanol–water partition coefficient (Wildman–Crippen LogP) is 1.89. The molecule has 0 bridgehead atoms. The molecular weight excluding hydrogens is 394 g/mol. The zero-order valence-electron chi connectivity index (χ0n) is 16.7. The standard InChI is InChI=1S/C20H25N3O5S/c1-22-10-12-23(13-11-22)20(24)15-4-9-19(28-3)18(14-15)21-29(25,26)17-7-5-16(27-2)6-8-17/h4-9,14,21H,10-13H2,1-3H3. The average molecular weight is 420 g/mol. The topological polar surface area (TPSA) is 88.2 Å². The number of benzene rings is 2. The Labute approximate surface area is 171 Å². The number of piperazine rings is 1. The number of methoxy groups -OCH3 is 2. The van der Waals surface area contributed by atoms with Gasteiger partial charge in [0.25, 0.3) is 15.9 Å². The van der Waals surface area contributed by atoms with E-state index in [1.807, 2.05) is 7.05 Å². The number of amides is 1. The maximum absolute atomic E-state index is 12.8. The van der Waals surface area contributed by atoms with Crippen molar-refractivity contribution in [2.75, 3.05) is 52.2 Å². The molecule has 1 aliphatic heterocycles. The Kier molecular flexibility index (Phi) is 6.29. The van der Waals surface area contributed by atoms with Gasteiger partial charge in [-0.25, -0.2) is 8.42 Å². The Morgan fingerprint density at radius 3 is 2.21 bits per heavy atom. The van der Waals surface area contributed by atoms with Gasteiger partial charge in [-0.3, -0.25) is 9.52 Å². The van der Waals surface area contributed by atoms with Crippen molar-refractivity contribution >= 4 is 21.6 Å². The second-order valence-corrected chi connectivity index (χ2v) is 8.47. The summed E-state index contributed by atoms with van der Waals surface area (Å²) >= 11 is 0. The second-order valence-electron chi connectivity index (χ2n) is 6.79. The minimum absolute atomic E-state index is 0.0798.